The molecule has 2 N–H and O–H groups in total. The zero-order chi connectivity index (χ0) is 12.2. The van der Waals surface area contributed by atoms with Gasteiger partial charge in [0.15, 0.2) is 5.96 Å². The number of guanidine groups is 1. The Bertz CT molecular complexity index is 189. The molecule has 1 unspecified atom stereocenters. The predicted octanol–water partition coefficient (Wildman–Crippen LogP) is 2.38. The third-order valence-electron chi connectivity index (χ3n) is 2.45. The Kier molecular flexibility index (Phi) is 15.9. The van der Waals surface area contributed by atoms with Gasteiger partial charge in [-0.05, 0) is 13.3 Å². The number of aliphatic imine (C=N–C) groups is 1. The van der Waals surface area contributed by atoms with E-state index in [1.54, 1.807) is 14.2 Å². The normalized spacial score (nSPS) is 12.8. The molecule has 0 rings (SSSR count). The Balaban J connectivity index is 0. The molecule has 0 aromatic carbocycles. The summed E-state index contributed by atoms with van der Waals surface area (Å²) in [6.45, 7) is 5.91. The van der Waals surface area contributed by atoms with Gasteiger partial charge in [0.2, 0.25) is 0 Å². The molecule has 17 heavy (non-hydrogen) atoms. The van der Waals surface area contributed by atoms with E-state index in [0.29, 0.717) is 12.6 Å². The van der Waals surface area contributed by atoms with Crippen LogP contribution in [0, 0.1) is 0 Å². The first kappa shape index (κ1) is 19.3. The number of nitrogens with one attached hydrogen (secondary N) is 2. The SMILES string of the molecule is CCCCCC(C)NC(=NC)NCCOC.I. The minimum absolute atomic E-state index is 0. The first-order valence-electron chi connectivity index (χ1n) is 6.20. The Morgan fingerprint density at radius 1 is 1.35 bits per heavy atom. The van der Waals surface area contributed by atoms with E-state index in [4.69, 9.17) is 4.74 Å². The molecule has 0 aromatic rings. The summed E-state index contributed by atoms with van der Waals surface area (Å²) in [4.78, 5) is 4.17. The van der Waals surface area contributed by atoms with Crippen molar-refractivity contribution in [2.75, 3.05) is 27.3 Å². The number of halogens is 1. The smallest absolute Gasteiger partial charge is 0.191 e. The van der Waals surface area contributed by atoms with E-state index >= 15 is 0 Å². The molecule has 0 saturated heterocycles. The van der Waals surface area contributed by atoms with Gasteiger partial charge in [0.1, 0.15) is 0 Å². The molecule has 0 spiro atoms. The second-order valence-electron chi connectivity index (χ2n) is 4.03. The lowest BCUT2D eigenvalue weighted by molar-refractivity contribution is 0.203. The lowest BCUT2D eigenvalue weighted by Crippen LogP contribution is -2.43. The Morgan fingerprint density at radius 3 is 2.59 bits per heavy atom. The van der Waals surface area contributed by atoms with E-state index in [0.717, 1.165) is 12.5 Å². The van der Waals surface area contributed by atoms with Crippen molar-refractivity contribution < 1.29 is 4.74 Å². The van der Waals surface area contributed by atoms with E-state index in [1.165, 1.54) is 25.7 Å². The van der Waals surface area contributed by atoms with Crippen molar-refractivity contribution in [1.82, 2.24) is 10.6 Å². The number of unbranched alkanes of at least 4 members (excludes halogenated alkanes) is 2. The number of hydrogen-bond donors (Lipinski definition) is 2. The summed E-state index contributed by atoms with van der Waals surface area (Å²) in [7, 11) is 3.49. The van der Waals surface area contributed by atoms with E-state index < -0.39 is 0 Å². The number of ether oxygens (including phenoxy) is 1. The van der Waals surface area contributed by atoms with Crippen LogP contribution in [0.2, 0.25) is 0 Å². The quantitative estimate of drug-likeness (QED) is 0.304. The third-order valence-corrected chi connectivity index (χ3v) is 2.45. The molecular formula is C12H28IN3O. The molecule has 104 valence electrons. The van der Waals surface area contributed by atoms with Crippen LogP contribution in [-0.2, 0) is 4.74 Å². The highest BCUT2D eigenvalue weighted by atomic mass is 127. The maximum Gasteiger partial charge on any atom is 0.191 e. The van der Waals surface area contributed by atoms with Gasteiger partial charge in [-0.2, -0.15) is 0 Å². The molecule has 0 heterocycles. The first-order chi connectivity index (χ1) is 7.74. The third kappa shape index (κ3) is 12.2. The molecule has 0 radical (unpaired) electrons. The monoisotopic (exact) mass is 357 g/mol. The second-order valence-corrected chi connectivity index (χ2v) is 4.03. The van der Waals surface area contributed by atoms with Crippen molar-refractivity contribution in [3.8, 4) is 0 Å². The number of methoxy groups -OCH3 is 1. The first-order valence-corrected chi connectivity index (χ1v) is 6.20. The van der Waals surface area contributed by atoms with Crippen LogP contribution in [-0.4, -0.2) is 39.3 Å². The van der Waals surface area contributed by atoms with Gasteiger partial charge in [0.25, 0.3) is 0 Å². The summed E-state index contributed by atoms with van der Waals surface area (Å²) >= 11 is 0. The summed E-state index contributed by atoms with van der Waals surface area (Å²) in [5, 5.41) is 6.57. The van der Waals surface area contributed by atoms with E-state index in [-0.39, 0.29) is 24.0 Å². The molecule has 0 saturated carbocycles. The van der Waals surface area contributed by atoms with Gasteiger partial charge in [-0.3, -0.25) is 4.99 Å². The molecule has 0 aromatic heterocycles. The molecule has 0 bridgehead atoms. The minimum atomic E-state index is 0. The molecule has 0 aliphatic rings. The highest BCUT2D eigenvalue weighted by molar-refractivity contribution is 14.0. The highest BCUT2D eigenvalue weighted by Crippen LogP contribution is 2.02. The van der Waals surface area contributed by atoms with Gasteiger partial charge in [-0.1, -0.05) is 26.2 Å². The lowest BCUT2D eigenvalue weighted by Gasteiger charge is -2.17. The topological polar surface area (TPSA) is 45.7 Å². The van der Waals surface area contributed by atoms with Gasteiger partial charge in [0.05, 0.1) is 6.61 Å². The van der Waals surface area contributed by atoms with E-state index in [1.807, 2.05) is 0 Å². The van der Waals surface area contributed by atoms with E-state index in [2.05, 4.69) is 29.5 Å². The van der Waals surface area contributed by atoms with Gasteiger partial charge in [-0.25, -0.2) is 0 Å². The fraction of sp³-hybridized carbons (Fsp3) is 0.917. The molecule has 0 amide bonds. The zero-order valence-electron chi connectivity index (χ0n) is 11.6. The summed E-state index contributed by atoms with van der Waals surface area (Å²) in [5.41, 5.74) is 0. The van der Waals surface area contributed by atoms with Gasteiger partial charge in [-0.15, -0.1) is 24.0 Å². The lowest BCUT2D eigenvalue weighted by atomic mass is 10.1. The average Bonchev–Trinajstić information content (AvgIpc) is 2.28. The molecule has 0 fully saturated rings. The van der Waals surface area contributed by atoms with Crippen LogP contribution < -0.4 is 10.6 Å². The van der Waals surface area contributed by atoms with Crippen LogP contribution in [0.1, 0.15) is 39.5 Å². The van der Waals surface area contributed by atoms with Gasteiger partial charge < -0.3 is 15.4 Å². The maximum atomic E-state index is 4.98. The zero-order valence-corrected chi connectivity index (χ0v) is 13.9. The highest BCUT2D eigenvalue weighted by Gasteiger charge is 2.03. The molecule has 4 nitrogen and oxygen atoms in total. The van der Waals surface area contributed by atoms with Crippen LogP contribution in [0.25, 0.3) is 0 Å². The number of rotatable bonds is 8. The van der Waals surface area contributed by atoms with Gasteiger partial charge >= 0.3 is 0 Å². The molecule has 0 aliphatic heterocycles. The molecule has 5 heteroatoms. The van der Waals surface area contributed by atoms with Crippen molar-refractivity contribution in [2.45, 2.75) is 45.6 Å². The molecular weight excluding hydrogens is 329 g/mol. The van der Waals surface area contributed by atoms with Crippen molar-refractivity contribution in [3.63, 3.8) is 0 Å². The van der Waals surface area contributed by atoms with Crippen LogP contribution in [0.4, 0.5) is 0 Å². The predicted molar refractivity (Wildman–Crippen MR) is 85.4 cm³/mol. The molecule has 1 atom stereocenters. The summed E-state index contributed by atoms with van der Waals surface area (Å²) in [5.74, 6) is 0.862. The Hall–Kier alpha value is -0.0400. The van der Waals surface area contributed by atoms with Crippen LogP contribution >= 0.6 is 24.0 Å². The Labute approximate surface area is 123 Å². The largest absolute Gasteiger partial charge is 0.383 e. The van der Waals surface area contributed by atoms with Crippen molar-refractivity contribution in [1.29, 1.82) is 0 Å². The summed E-state index contributed by atoms with van der Waals surface area (Å²) < 4.78 is 4.98. The fourth-order valence-electron chi connectivity index (χ4n) is 1.47. The standard InChI is InChI=1S/C12H27N3O.HI/c1-5-6-7-8-11(2)15-12(13-3)14-9-10-16-4;/h11H,5-10H2,1-4H3,(H2,13,14,15);1H. The Morgan fingerprint density at radius 2 is 2.06 bits per heavy atom. The van der Waals surface area contributed by atoms with Crippen LogP contribution in [0.15, 0.2) is 4.99 Å². The minimum Gasteiger partial charge on any atom is -0.383 e. The van der Waals surface area contributed by atoms with E-state index in [9.17, 15) is 0 Å². The fourth-order valence-corrected chi connectivity index (χ4v) is 1.47. The van der Waals surface area contributed by atoms with Crippen molar-refractivity contribution >= 4 is 29.9 Å². The van der Waals surface area contributed by atoms with Crippen molar-refractivity contribution in [3.05, 3.63) is 0 Å². The van der Waals surface area contributed by atoms with Crippen molar-refractivity contribution in [2.24, 2.45) is 4.99 Å². The second kappa shape index (κ2) is 14.0. The van der Waals surface area contributed by atoms with Gasteiger partial charge in [0, 0.05) is 26.7 Å². The van der Waals surface area contributed by atoms with Crippen LogP contribution in [0.5, 0.6) is 0 Å². The summed E-state index contributed by atoms with van der Waals surface area (Å²) in [6.07, 6.45) is 5.05. The maximum absolute atomic E-state index is 4.98. The summed E-state index contributed by atoms with van der Waals surface area (Å²) in [6, 6.07) is 0.472. The van der Waals surface area contributed by atoms with Crippen LogP contribution in [0.3, 0.4) is 0 Å². The number of hydrogen-bond acceptors (Lipinski definition) is 2. The molecule has 0 aliphatic carbocycles. The number of nitrogens with zero attached hydrogens (tertiary/aromatic N) is 1. The average molecular weight is 357 g/mol.